The molecule has 0 saturated heterocycles. The van der Waals surface area contributed by atoms with E-state index in [2.05, 4.69) is 6.92 Å². The van der Waals surface area contributed by atoms with E-state index in [-0.39, 0.29) is 18.1 Å². The summed E-state index contributed by atoms with van der Waals surface area (Å²) < 4.78 is 0. The largest absolute Gasteiger partial charge is 0.508 e. The second kappa shape index (κ2) is 9.32. The van der Waals surface area contributed by atoms with E-state index in [1.165, 1.54) is 12.8 Å². The molecule has 0 aliphatic heterocycles. The average Bonchev–Trinajstić information content (AvgIpc) is 2.46. The van der Waals surface area contributed by atoms with Crippen LogP contribution < -0.4 is 0 Å². The molecule has 0 heterocycles. The highest BCUT2D eigenvalue weighted by atomic mass is 16.3. The lowest BCUT2D eigenvalue weighted by Gasteiger charge is -2.04. The van der Waals surface area contributed by atoms with Crippen LogP contribution in [0.2, 0.25) is 0 Å². The fraction of sp³-hybridized carbons (Fsp3) is 0.471. The van der Waals surface area contributed by atoms with E-state index >= 15 is 0 Å². The van der Waals surface area contributed by atoms with E-state index in [1.807, 2.05) is 6.08 Å². The van der Waals surface area contributed by atoms with Crippen LogP contribution in [0.5, 0.6) is 5.75 Å². The molecule has 110 valence electrons. The van der Waals surface area contributed by atoms with Gasteiger partial charge in [0.25, 0.3) is 0 Å². The molecular weight excluding hydrogens is 252 g/mol. The highest BCUT2D eigenvalue weighted by Gasteiger charge is 2.03. The predicted octanol–water partition coefficient (Wildman–Crippen LogP) is 3.52. The van der Waals surface area contributed by atoms with Crippen LogP contribution in [-0.4, -0.2) is 16.0 Å². The summed E-state index contributed by atoms with van der Waals surface area (Å²) in [5.74, 6) is 0.221. The number of hydrogen-bond acceptors (Lipinski definition) is 3. The Morgan fingerprint density at radius 3 is 2.80 bits per heavy atom. The van der Waals surface area contributed by atoms with E-state index in [1.54, 1.807) is 24.3 Å². The van der Waals surface area contributed by atoms with Gasteiger partial charge in [-0.3, -0.25) is 4.79 Å². The first kappa shape index (κ1) is 16.4. The van der Waals surface area contributed by atoms with Crippen LogP contribution in [0.25, 0.3) is 0 Å². The molecule has 20 heavy (non-hydrogen) atoms. The third kappa shape index (κ3) is 6.02. The van der Waals surface area contributed by atoms with Gasteiger partial charge >= 0.3 is 0 Å². The number of carbonyl (C=O) groups excluding carboxylic acids is 1. The van der Waals surface area contributed by atoms with Gasteiger partial charge in [0.05, 0.1) is 6.61 Å². The summed E-state index contributed by atoms with van der Waals surface area (Å²) in [5.41, 5.74) is 1.46. The number of allylic oxidation sites excluding steroid dienone is 2. The van der Waals surface area contributed by atoms with E-state index in [0.717, 1.165) is 18.4 Å². The molecule has 0 aliphatic carbocycles. The van der Waals surface area contributed by atoms with Crippen molar-refractivity contribution in [1.29, 1.82) is 0 Å². The molecule has 0 unspecified atom stereocenters. The molecule has 0 fully saturated rings. The van der Waals surface area contributed by atoms with Gasteiger partial charge in [-0.25, -0.2) is 0 Å². The molecule has 2 N–H and O–H groups in total. The molecule has 1 aromatic rings. The Morgan fingerprint density at radius 2 is 2.10 bits per heavy atom. The lowest BCUT2D eigenvalue weighted by molar-refractivity contribution is -0.114. The molecule has 0 bridgehead atoms. The Labute approximate surface area is 121 Å². The van der Waals surface area contributed by atoms with Crippen molar-refractivity contribution in [3.8, 4) is 5.75 Å². The third-order valence-electron chi connectivity index (χ3n) is 3.25. The molecule has 0 aromatic heterocycles. The van der Waals surface area contributed by atoms with Crippen molar-refractivity contribution in [3.05, 3.63) is 41.5 Å². The lowest BCUT2D eigenvalue weighted by Crippen LogP contribution is -1.97. The normalized spacial score (nSPS) is 11.1. The molecule has 0 aliphatic rings. The second-order valence-corrected chi connectivity index (χ2v) is 4.99. The number of aliphatic hydroxyl groups excluding tert-OH is 1. The molecule has 0 amide bonds. The highest BCUT2D eigenvalue weighted by Crippen LogP contribution is 2.19. The van der Waals surface area contributed by atoms with Gasteiger partial charge in [-0.2, -0.15) is 0 Å². The number of unbranched alkanes of at least 4 members (excludes halogenated alkanes) is 3. The van der Waals surface area contributed by atoms with Gasteiger partial charge < -0.3 is 10.2 Å². The summed E-state index contributed by atoms with van der Waals surface area (Å²) in [6, 6.07) is 5.09. The molecular formula is C17H24O3. The predicted molar refractivity (Wildman–Crippen MR) is 80.6 cm³/mol. The van der Waals surface area contributed by atoms with Gasteiger partial charge in [-0.15, -0.1) is 0 Å². The quantitative estimate of drug-likeness (QED) is 0.536. The van der Waals surface area contributed by atoms with Crippen LogP contribution in [0.15, 0.2) is 30.4 Å². The molecule has 1 rings (SSSR count). The van der Waals surface area contributed by atoms with Crippen molar-refractivity contribution in [1.82, 2.24) is 0 Å². The summed E-state index contributed by atoms with van der Waals surface area (Å²) >= 11 is 0. The van der Waals surface area contributed by atoms with Crippen molar-refractivity contribution in [2.75, 3.05) is 0 Å². The molecule has 0 saturated carbocycles. The zero-order valence-electron chi connectivity index (χ0n) is 12.1. The van der Waals surface area contributed by atoms with Gasteiger partial charge in [-0.1, -0.05) is 31.9 Å². The fourth-order valence-corrected chi connectivity index (χ4v) is 2.00. The molecule has 0 spiro atoms. The van der Waals surface area contributed by atoms with E-state index in [0.29, 0.717) is 18.4 Å². The topological polar surface area (TPSA) is 57.5 Å². The highest BCUT2D eigenvalue weighted by molar-refractivity contribution is 5.89. The number of phenols is 1. The lowest BCUT2D eigenvalue weighted by atomic mass is 10.0. The maximum atomic E-state index is 11.7. The molecule has 0 atom stereocenters. The van der Waals surface area contributed by atoms with E-state index in [9.17, 15) is 9.90 Å². The maximum Gasteiger partial charge on any atom is 0.155 e. The zero-order valence-corrected chi connectivity index (χ0v) is 12.1. The number of ketones is 1. The summed E-state index contributed by atoms with van der Waals surface area (Å²) in [4.78, 5) is 11.7. The van der Waals surface area contributed by atoms with Crippen LogP contribution in [0.1, 0.15) is 50.2 Å². The standard InChI is InChI=1S/C17H24O3/c1-2-3-4-5-6-7-16(19)10-8-14-9-11-17(20)15(12-14)13-18/h6-7,9,11-12,18,20H,2-5,8,10,13H2,1H3/b7-6+. The number of hydrogen-bond donors (Lipinski definition) is 2. The summed E-state index contributed by atoms with van der Waals surface area (Å²) in [5, 5.41) is 18.5. The Hall–Kier alpha value is -1.61. The second-order valence-electron chi connectivity index (χ2n) is 4.99. The average molecular weight is 276 g/mol. The van der Waals surface area contributed by atoms with Gasteiger partial charge in [0, 0.05) is 12.0 Å². The van der Waals surface area contributed by atoms with Gasteiger partial charge in [-0.05, 0) is 43.0 Å². The summed E-state index contributed by atoms with van der Waals surface area (Å²) in [7, 11) is 0. The first-order chi connectivity index (χ1) is 9.67. The summed E-state index contributed by atoms with van der Waals surface area (Å²) in [6.45, 7) is 1.97. The molecule has 1 aromatic carbocycles. The summed E-state index contributed by atoms with van der Waals surface area (Å²) in [6.07, 6.45) is 9.21. The van der Waals surface area contributed by atoms with Gasteiger partial charge in [0.15, 0.2) is 5.78 Å². The smallest absolute Gasteiger partial charge is 0.155 e. The first-order valence-electron chi connectivity index (χ1n) is 7.28. The van der Waals surface area contributed by atoms with Gasteiger partial charge in [0.2, 0.25) is 0 Å². The van der Waals surface area contributed by atoms with Crippen LogP contribution in [-0.2, 0) is 17.8 Å². The molecule has 0 radical (unpaired) electrons. The number of aryl methyl sites for hydroxylation is 1. The number of rotatable bonds is 9. The minimum atomic E-state index is -0.190. The number of benzene rings is 1. The Morgan fingerprint density at radius 1 is 1.30 bits per heavy atom. The van der Waals surface area contributed by atoms with Crippen LogP contribution in [0.4, 0.5) is 0 Å². The molecule has 3 heteroatoms. The van der Waals surface area contributed by atoms with E-state index in [4.69, 9.17) is 5.11 Å². The maximum absolute atomic E-state index is 11.7. The zero-order chi connectivity index (χ0) is 14.8. The van der Waals surface area contributed by atoms with Crippen molar-refractivity contribution in [2.24, 2.45) is 0 Å². The van der Waals surface area contributed by atoms with Crippen LogP contribution in [0, 0.1) is 0 Å². The van der Waals surface area contributed by atoms with Crippen molar-refractivity contribution in [3.63, 3.8) is 0 Å². The minimum absolute atomic E-state index is 0.0957. The van der Waals surface area contributed by atoms with Crippen molar-refractivity contribution >= 4 is 5.78 Å². The number of aliphatic hydroxyl groups is 1. The van der Waals surface area contributed by atoms with Crippen LogP contribution >= 0.6 is 0 Å². The Balaban J connectivity index is 2.37. The van der Waals surface area contributed by atoms with Crippen molar-refractivity contribution < 1.29 is 15.0 Å². The monoisotopic (exact) mass is 276 g/mol. The SMILES string of the molecule is CCCCC/C=C/C(=O)CCc1ccc(O)c(CO)c1. The Kier molecular flexibility index (Phi) is 7.66. The van der Waals surface area contributed by atoms with Gasteiger partial charge in [0.1, 0.15) is 5.75 Å². The third-order valence-corrected chi connectivity index (χ3v) is 3.25. The Bertz CT molecular complexity index is 450. The number of carbonyl (C=O) groups is 1. The fourth-order valence-electron chi connectivity index (χ4n) is 2.00. The van der Waals surface area contributed by atoms with Crippen LogP contribution in [0.3, 0.4) is 0 Å². The number of aromatic hydroxyl groups is 1. The van der Waals surface area contributed by atoms with E-state index < -0.39 is 0 Å². The first-order valence-corrected chi connectivity index (χ1v) is 7.28. The minimum Gasteiger partial charge on any atom is -0.508 e. The molecule has 3 nitrogen and oxygen atoms in total. The van der Waals surface area contributed by atoms with Crippen molar-refractivity contribution in [2.45, 2.75) is 52.1 Å².